The summed E-state index contributed by atoms with van der Waals surface area (Å²) in [5.41, 5.74) is 4.74. The van der Waals surface area contributed by atoms with Gasteiger partial charge in [0.2, 0.25) is 0 Å². The summed E-state index contributed by atoms with van der Waals surface area (Å²) in [6, 6.07) is 47.9. The molecule has 0 spiro atoms. The Labute approximate surface area is 257 Å². The maximum absolute atomic E-state index is 5.47. The molecule has 0 saturated heterocycles. The Morgan fingerprint density at radius 3 is 1.55 bits per heavy atom. The fourth-order valence-electron chi connectivity index (χ4n) is 5.05. The van der Waals surface area contributed by atoms with Gasteiger partial charge in [-0.3, -0.25) is 0 Å². The fraction of sp³-hybridized carbons (Fsp3) is 0.105. The average molecular weight is 584 g/mol. The van der Waals surface area contributed by atoms with Gasteiger partial charge >= 0.3 is 0 Å². The minimum Gasteiger partial charge on any atom is -0.497 e. The molecule has 4 heteroatoms. The van der Waals surface area contributed by atoms with Crippen molar-refractivity contribution in [2.75, 3.05) is 26.1 Å². The smallest absolute Gasteiger partial charge is 0.118 e. The number of hydrogen-bond donors (Lipinski definition) is 0. The Kier molecular flexibility index (Phi) is 8.55. The molecule has 0 N–H and O–H groups in total. The molecule has 208 valence electrons. The van der Waals surface area contributed by atoms with E-state index in [0.29, 0.717) is 0 Å². The van der Waals surface area contributed by atoms with Crippen molar-refractivity contribution < 1.29 is 4.74 Å². The van der Waals surface area contributed by atoms with Gasteiger partial charge in [0.15, 0.2) is 0 Å². The molecule has 42 heavy (non-hydrogen) atoms. The van der Waals surface area contributed by atoms with Crippen LogP contribution in [0.5, 0.6) is 5.75 Å². The van der Waals surface area contributed by atoms with Gasteiger partial charge in [-0.25, -0.2) is 0 Å². The zero-order valence-corrected chi connectivity index (χ0v) is 25.7. The van der Waals surface area contributed by atoms with Crippen LogP contribution < -0.4 is 9.64 Å². The van der Waals surface area contributed by atoms with Gasteiger partial charge in [0.25, 0.3) is 0 Å². The Morgan fingerprint density at radius 2 is 1.07 bits per heavy atom. The van der Waals surface area contributed by atoms with E-state index in [1.165, 1.54) is 48.2 Å². The van der Waals surface area contributed by atoms with E-state index in [9.17, 15) is 0 Å². The summed E-state index contributed by atoms with van der Waals surface area (Å²) in [6.07, 6.45) is 2.42. The van der Waals surface area contributed by atoms with Gasteiger partial charge in [0.1, 0.15) is 5.75 Å². The van der Waals surface area contributed by atoms with Crippen LogP contribution in [0.25, 0.3) is 27.1 Å². The molecule has 0 saturated carbocycles. The van der Waals surface area contributed by atoms with Crippen LogP contribution in [0.3, 0.4) is 0 Å². The van der Waals surface area contributed by atoms with Crippen molar-refractivity contribution in [1.29, 1.82) is 0 Å². The molecule has 0 heterocycles. The number of nitrogens with zero attached hydrogens (tertiary/aromatic N) is 1. The Bertz CT molecular complexity index is 1760. The van der Waals surface area contributed by atoms with E-state index in [-0.39, 0.29) is 4.58 Å². The zero-order valence-electron chi connectivity index (χ0n) is 24.0. The van der Waals surface area contributed by atoms with Crippen LogP contribution >= 0.6 is 23.5 Å². The zero-order chi connectivity index (χ0) is 28.9. The monoisotopic (exact) mass is 583 g/mol. The van der Waals surface area contributed by atoms with E-state index in [4.69, 9.17) is 4.74 Å². The largest absolute Gasteiger partial charge is 0.497 e. The van der Waals surface area contributed by atoms with Crippen molar-refractivity contribution in [1.82, 2.24) is 0 Å². The molecular formula is C38H33NOS2. The molecule has 6 aromatic carbocycles. The SMILES string of the molecule is COc1ccc(/C(=C\C(Sc2ccc3ccccc3c2)Sc2ccc3ccccc3c2)c2ccc(N(C)C)cc2)cc1. The predicted molar refractivity (Wildman–Crippen MR) is 184 cm³/mol. The highest BCUT2D eigenvalue weighted by Gasteiger charge is 2.16. The number of thioether (sulfide) groups is 2. The van der Waals surface area contributed by atoms with Crippen LogP contribution in [0.15, 0.2) is 149 Å². The second-order valence-electron chi connectivity index (χ2n) is 10.4. The first kappa shape index (κ1) is 28.0. The lowest BCUT2D eigenvalue weighted by Gasteiger charge is -2.18. The van der Waals surface area contributed by atoms with Gasteiger partial charge in [-0.2, -0.15) is 0 Å². The summed E-state index contributed by atoms with van der Waals surface area (Å²) in [6.45, 7) is 0. The highest BCUT2D eigenvalue weighted by Crippen LogP contribution is 2.41. The molecule has 0 aromatic heterocycles. The van der Waals surface area contributed by atoms with Crippen molar-refractivity contribution in [2.45, 2.75) is 14.4 Å². The van der Waals surface area contributed by atoms with Gasteiger partial charge in [-0.05, 0) is 86.8 Å². The molecule has 0 amide bonds. The van der Waals surface area contributed by atoms with Crippen molar-refractivity contribution >= 4 is 56.3 Å². The minimum absolute atomic E-state index is 0.123. The number of ether oxygens (including phenoxy) is 1. The predicted octanol–water partition coefficient (Wildman–Crippen LogP) is 10.4. The number of hydrogen-bond acceptors (Lipinski definition) is 4. The summed E-state index contributed by atoms with van der Waals surface area (Å²) >= 11 is 3.78. The molecule has 0 unspecified atom stereocenters. The van der Waals surface area contributed by atoms with Crippen molar-refractivity contribution in [3.05, 3.63) is 151 Å². The molecule has 0 radical (unpaired) electrons. The van der Waals surface area contributed by atoms with E-state index >= 15 is 0 Å². The molecule has 6 rings (SSSR count). The maximum Gasteiger partial charge on any atom is 0.118 e. The average Bonchev–Trinajstić information content (AvgIpc) is 3.03. The third-order valence-electron chi connectivity index (χ3n) is 7.34. The van der Waals surface area contributed by atoms with Crippen molar-refractivity contribution in [3.8, 4) is 5.75 Å². The summed E-state index contributed by atoms with van der Waals surface area (Å²) in [7, 11) is 5.86. The van der Waals surface area contributed by atoms with E-state index in [0.717, 1.165) is 11.3 Å². The molecule has 2 nitrogen and oxygen atoms in total. The highest BCUT2D eigenvalue weighted by atomic mass is 32.2. The quantitative estimate of drug-likeness (QED) is 0.124. The first-order valence-corrected chi connectivity index (χ1v) is 15.8. The molecule has 0 aliphatic heterocycles. The van der Waals surface area contributed by atoms with Crippen LogP contribution in [0.2, 0.25) is 0 Å². The van der Waals surface area contributed by atoms with Gasteiger partial charge < -0.3 is 9.64 Å². The van der Waals surface area contributed by atoms with E-state index in [2.05, 4.69) is 146 Å². The van der Waals surface area contributed by atoms with Gasteiger partial charge in [0.05, 0.1) is 11.7 Å². The molecule has 0 aliphatic rings. The number of rotatable bonds is 9. The fourth-order valence-corrected chi connectivity index (χ4v) is 7.53. The maximum atomic E-state index is 5.47. The van der Waals surface area contributed by atoms with E-state index in [1.54, 1.807) is 7.11 Å². The van der Waals surface area contributed by atoms with Crippen LogP contribution in [0.1, 0.15) is 11.1 Å². The lowest BCUT2D eigenvalue weighted by Crippen LogP contribution is -2.08. The molecule has 0 aliphatic carbocycles. The minimum atomic E-state index is 0.123. The Balaban J connectivity index is 1.44. The summed E-state index contributed by atoms with van der Waals surface area (Å²) in [5.74, 6) is 0.855. The summed E-state index contributed by atoms with van der Waals surface area (Å²) in [5, 5.41) is 5.04. The first-order chi connectivity index (χ1) is 20.6. The summed E-state index contributed by atoms with van der Waals surface area (Å²) < 4.78 is 5.60. The topological polar surface area (TPSA) is 12.5 Å². The second-order valence-corrected chi connectivity index (χ2v) is 13.1. The first-order valence-electron chi connectivity index (χ1n) is 14.0. The van der Waals surface area contributed by atoms with Crippen molar-refractivity contribution in [2.24, 2.45) is 0 Å². The van der Waals surface area contributed by atoms with Crippen LogP contribution in [0, 0.1) is 0 Å². The number of anilines is 1. The van der Waals surface area contributed by atoms with Gasteiger partial charge in [-0.15, -0.1) is 23.5 Å². The van der Waals surface area contributed by atoms with Crippen LogP contribution in [-0.2, 0) is 0 Å². The van der Waals surface area contributed by atoms with Gasteiger partial charge in [-0.1, -0.05) is 91.0 Å². The summed E-state index contributed by atoms with van der Waals surface area (Å²) in [4.78, 5) is 4.63. The lowest BCUT2D eigenvalue weighted by molar-refractivity contribution is 0.415. The second kappa shape index (κ2) is 12.8. The Morgan fingerprint density at radius 1 is 0.595 bits per heavy atom. The number of benzene rings is 6. The molecule has 0 bridgehead atoms. The number of fused-ring (bicyclic) bond motifs is 2. The van der Waals surface area contributed by atoms with Crippen LogP contribution in [0.4, 0.5) is 5.69 Å². The number of methoxy groups -OCH3 is 1. The normalized spacial score (nSPS) is 11.8. The van der Waals surface area contributed by atoms with E-state index in [1.807, 2.05) is 35.7 Å². The molecular weight excluding hydrogens is 551 g/mol. The molecule has 0 fully saturated rings. The Hall–Kier alpha value is -4.12. The standard InChI is InChI=1S/C38H33NOS2/c1-39(2)33-18-12-29(13-19-33)37(30-14-20-34(40-3)21-15-30)26-38(41-35-22-16-27-8-4-6-10-31(27)24-35)42-36-23-17-28-9-5-7-11-32(28)25-36/h4-26,38H,1-3H3/b37-26-. The highest BCUT2D eigenvalue weighted by molar-refractivity contribution is 8.17. The third-order valence-corrected chi connectivity index (χ3v) is 9.71. The van der Waals surface area contributed by atoms with Crippen molar-refractivity contribution in [3.63, 3.8) is 0 Å². The molecule has 6 aromatic rings. The van der Waals surface area contributed by atoms with E-state index < -0.39 is 0 Å². The molecule has 0 atom stereocenters. The van der Waals surface area contributed by atoms with Gasteiger partial charge in [0, 0.05) is 29.6 Å². The van der Waals surface area contributed by atoms with Crippen LogP contribution in [-0.4, -0.2) is 25.8 Å². The lowest BCUT2D eigenvalue weighted by atomic mass is 9.97. The third kappa shape index (κ3) is 6.51.